The number of thioether (sulfide) groups is 1. The van der Waals surface area contributed by atoms with Crippen molar-refractivity contribution in [3.8, 4) is 0 Å². The van der Waals surface area contributed by atoms with Crippen molar-refractivity contribution in [3.63, 3.8) is 0 Å². The van der Waals surface area contributed by atoms with Gasteiger partial charge in [-0.05, 0) is 26.2 Å². The van der Waals surface area contributed by atoms with Gasteiger partial charge in [0.15, 0.2) is 0 Å². The van der Waals surface area contributed by atoms with Crippen molar-refractivity contribution < 1.29 is 19.1 Å². The Kier molecular flexibility index (Phi) is 5.49. The highest BCUT2D eigenvalue weighted by Crippen LogP contribution is 2.46. The third kappa shape index (κ3) is 4.00. The van der Waals surface area contributed by atoms with E-state index in [1.807, 2.05) is 28.5 Å². The Morgan fingerprint density at radius 3 is 2.52 bits per heavy atom. The van der Waals surface area contributed by atoms with Gasteiger partial charge in [-0.1, -0.05) is 0 Å². The third-order valence-corrected chi connectivity index (χ3v) is 6.39. The lowest BCUT2D eigenvalue weighted by molar-refractivity contribution is -0.141. The molecule has 130 valence electrons. The van der Waals surface area contributed by atoms with Crippen molar-refractivity contribution in [2.45, 2.75) is 37.0 Å². The minimum atomic E-state index is 0.0756. The largest absolute Gasteiger partial charge is 0.372 e. The van der Waals surface area contributed by atoms with Crippen LogP contribution in [-0.4, -0.2) is 84.2 Å². The molecular formula is C16H26N2O4S. The average Bonchev–Trinajstić information content (AvgIpc) is 3.18. The summed E-state index contributed by atoms with van der Waals surface area (Å²) in [6.45, 7) is 6.16. The van der Waals surface area contributed by atoms with Crippen LogP contribution in [0, 0.1) is 0 Å². The first-order chi connectivity index (χ1) is 11.1. The molecule has 0 unspecified atom stereocenters. The first-order valence-corrected chi connectivity index (χ1v) is 9.49. The Balaban J connectivity index is 1.36. The Labute approximate surface area is 141 Å². The van der Waals surface area contributed by atoms with Crippen molar-refractivity contribution in [3.05, 3.63) is 0 Å². The van der Waals surface area contributed by atoms with Gasteiger partial charge >= 0.3 is 0 Å². The molecule has 2 amide bonds. The van der Waals surface area contributed by atoms with E-state index < -0.39 is 0 Å². The zero-order valence-electron chi connectivity index (χ0n) is 13.8. The number of carbonyl (C=O) groups is 2. The molecule has 3 fully saturated rings. The van der Waals surface area contributed by atoms with Crippen LogP contribution < -0.4 is 0 Å². The molecular weight excluding hydrogens is 316 g/mol. The van der Waals surface area contributed by atoms with E-state index in [4.69, 9.17) is 9.47 Å². The maximum Gasteiger partial charge on any atom is 0.248 e. The number of nitrogens with zero attached hydrogens (tertiary/aromatic N) is 2. The van der Waals surface area contributed by atoms with Gasteiger partial charge in [-0.3, -0.25) is 9.59 Å². The minimum absolute atomic E-state index is 0.0756. The fraction of sp³-hybridized carbons (Fsp3) is 0.875. The van der Waals surface area contributed by atoms with Gasteiger partial charge in [0.1, 0.15) is 13.2 Å². The van der Waals surface area contributed by atoms with Crippen molar-refractivity contribution >= 4 is 23.6 Å². The second-order valence-corrected chi connectivity index (χ2v) is 8.09. The predicted molar refractivity (Wildman–Crippen MR) is 88.4 cm³/mol. The molecule has 3 heterocycles. The average molecular weight is 342 g/mol. The molecule has 0 aromatic heterocycles. The van der Waals surface area contributed by atoms with E-state index >= 15 is 0 Å². The molecule has 0 aliphatic carbocycles. The van der Waals surface area contributed by atoms with Gasteiger partial charge in [0.2, 0.25) is 11.8 Å². The van der Waals surface area contributed by atoms with Crippen LogP contribution in [0.15, 0.2) is 0 Å². The highest BCUT2D eigenvalue weighted by molar-refractivity contribution is 8.01. The van der Waals surface area contributed by atoms with Crippen molar-refractivity contribution in [2.75, 3.05) is 51.8 Å². The Morgan fingerprint density at radius 1 is 1.13 bits per heavy atom. The lowest BCUT2D eigenvalue weighted by atomic mass is 9.93. The summed E-state index contributed by atoms with van der Waals surface area (Å²) in [5, 5.41) is 0. The van der Waals surface area contributed by atoms with Gasteiger partial charge in [-0.15, -0.1) is 11.8 Å². The first kappa shape index (κ1) is 17.0. The summed E-state index contributed by atoms with van der Waals surface area (Å²) in [6, 6.07) is 0. The quantitative estimate of drug-likeness (QED) is 0.713. The first-order valence-electron chi connectivity index (χ1n) is 8.51. The molecule has 23 heavy (non-hydrogen) atoms. The van der Waals surface area contributed by atoms with Crippen LogP contribution in [0.2, 0.25) is 0 Å². The monoisotopic (exact) mass is 342 g/mol. The second kappa shape index (κ2) is 7.40. The fourth-order valence-corrected chi connectivity index (χ4v) is 5.03. The molecule has 6 nitrogen and oxygen atoms in total. The van der Waals surface area contributed by atoms with Crippen LogP contribution in [0.25, 0.3) is 0 Å². The standard InChI is InChI=1S/C16H26N2O4S/c1-2-21-8-14(19)18-11-16(12-18)7-13(10-23-16)22-9-15(20)17-5-3-4-6-17/h13H,2-12H2,1H3/t13-/m1/s1. The van der Waals surface area contributed by atoms with Crippen LogP contribution in [0.1, 0.15) is 26.2 Å². The molecule has 0 N–H and O–H groups in total. The van der Waals surface area contributed by atoms with Gasteiger partial charge in [0, 0.05) is 38.5 Å². The number of likely N-dealkylation sites (tertiary alicyclic amines) is 2. The summed E-state index contributed by atoms with van der Waals surface area (Å²) in [5.74, 6) is 1.11. The SMILES string of the molecule is CCOCC(=O)N1CC2(C[C@@H](OCC(=O)N3CCCC3)CS2)C1. The van der Waals surface area contributed by atoms with E-state index in [9.17, 15) is 9.59 Å². The molecule has 7 heteroatoms. The number of ether oxygens (including phenoxy) is 2. The van der Waals surface area contributed by atoms with Crippen molar-refractivity contribution in [1.82, 2.24) is 9.80 Å². The van der Waals surface area contributed by atoms with Gasteiger partial charge in [0.05, 0.1) is 10.9 Å². The Hall–Kier alpha value is -0.790. The molecule has 0 radical (unpaired) electrons. The third-order valence-electron chi connectivity index (χ3n) is 4.82. The number of carbonyl (C=O) groups excluding carboxylic acids is 2. The normalized spacial score (nSPS) is 25.9. The molecule has 0 aromatic rings. The molecule has 3 saturated heterocycles. The maximum atomic E-state index is 12.0. The van der Waals surface area contributed by atoms with Crippen molar-refractivity contribution in [1.29, 1.82) is 0 Å². The predicted octanol–water partition coefficient (Wildman–Crippen LogP) is 0.748. The van der Waals surface area contributed by atoms with E-state index in [1.54, 1.807) is 0 Å². The van der Waals surface area contributed by atoms with E-state index in [2.05, 4.69) is 0 Å². The Morgan fingerprint density at radius 2 is 1.83 bits per heavy atom. The highest BCUT2D eigenvalue weighted by atomic mass is 32.2. The molecule has 3 aliphatic heterocycles. The number of amides is 2. The van der Waals surface area contributed by atoms with Crippen LogP contribution in [0.5, 0.6) is 0 Å². The summed E-state index contributed by atoms with van der Waals surface area (Å²) >= 11 is 1.88. The lowest BCUT2D eigenvalue weighted by Crippen LogP contribution is -2.61. The summed E-state index contributed by atoms with van der Waals surface area (Å²) in [6.07, 6.45) is 3.29. The van der Waals surface area contributed by atoms with E-state index in [0.717, 1.165) is 51.2 Å². The van der Waals surface area contributed by atoms with Gasteiger partial charge in [-0.25, -0.2) is 0 Å². The van der Waals surface area contributed by atoms with Crippen LogP contribution in [-0.2, 0) is 19.1 Å². The van der Waals surface area contributed by atoms with Gasteiger partial charge in [-0.2, -0.15) is 0 Å². The fourth-order valence-electron chi connectivity index (χ4n) is 3.48. The molecule has 1 spiro atoms. The summed E-state index contributed by atoms with van der Waals surface area (Å²) in [5.41, 5.74) is 0. The molecule has 3 rings (SSSR count). The van der Waals surface area contributed by atoms with E-state index in [-0.39, 0.29) is 35.9 Å². The molecule has 0 bridgehead atoms. The number of rotatable bonds is 6. The van der Waals surface area contributed by atoms with Crippen LogP contribution in [0.4, 0.5) is 0 Å². The maximum absolute atomic E-state index is 12.0. The Bertz CT molecular complexity index is 447. The van der Waals surface area contributed by atoms with Gasteiger partial charge < -0.3 is 19.3 Å². The van der Waals surface area contributed by atoms with Crippen LogP contribution >= 0.6 is 11.8 Å². The summed E-state index contributed by atoms with van der Waals surface area (Å²) < 4.78 is 11.1. The topological polar surface area (TPSA) is 59.1 Å². The lowest BCUT2D eigenvalue weighted by Gasteiger charge is -2.47. The van der Waals surface area contributed by atoms with Gasteiger partial charge in [0.25, 0.3) is 0 Å². The molecule has 3 aliphatic rings. The van der Waals surface area contributed by atoms with Crippen molar-refractivity contribution in [2.24, 2.45) is 0 Å². The molecule has 0 aromatic carbocycles. The zero-order valence-corrected chi connectivity index (χ0v) is 14.6. The zero-order chi connectivity index (χ0) is 16.3. The highest BCUT2D eigenvalue weighted by Gasteiger charge is 2.50. The smallest absolute Gasteiger partial charge is 0.248 e. The summed E-state index contributed by atoms with van der Waals surface area (Å²) in [4.78, 5) is 27.7. The molecule has 0 saturated carbocycles. The number of hydrogen-bond acceptors (Lipinski definition) is 5. The number of hydrogen-bond donors (Lipinski definition) is 0. The van der Waals surface area contributed by atoms with Crippen LogP contribution in [0.3, 0.4) is 0 Å². The summed E-state index contributed by atoms with van der Waals surface area (Å²) in [7, 11) is 0. The minimum Gasteiger partial charge on any atom is -0.372 e. The van der Waals surface area contributed by atoms with E-state index in [0.29, 0.717) is 6.61 Å². The van der Waals surface area contributed by atoms with E-state index in [1.165, 1.54) is 0 Å². The second-order valence-electron chi connectivity index (χ2n) is 6.61. The molecule has 1 atom stereocenters.